The summed E-state index contributed by atoms with van der Waals surface area (Å²) in [5.41, 5.74) is 7.43. The van der Waals surface area contributed by atoms with Crippen molar-refractivity contribution < 1.29 is 0 Å². The molecule has 0 saturated carbocycles. The van der Waals surface area contributed by atoms with Crippen LogP contribution in [0.4, 0.5) is 5.82 Å². The Morgan fingerprint density at radius 2 is 1.94 bits per heavy atom. The summed E-state index contributed by atoms with van der Waals surface area (Å²) in [6.07, 6.45) is 3.31. The van der Waals surface area contributed by atoms with Crippen LogP contribution in [-0.2, 0) is 0 Å². The van der Waals surface area contributed by atoms with Gasteiger partial charge in [-0.15, -0.1) is 0 Å². The van der Waals surface area contributed by atoms with Crippen LogP contribution in [-0.4, -0.2) is 15.0 Å². The lowest BCUT2D eigenvalue weighted by molar-refractivity contribution is 1.10. The Kier molecular flexibility index (Phi) is 2.48. The highest BCUT2D eigenvalue weighted by molar-refractivity contribution is 5.60. The number of hydrogen-bond acceptors (Lipinski definition) is 5. The Morgan fingerprint density at radius 1 is 1.25 bits per heavy atom. The van der Waals surface area contributed by atoms with Crippen LogP contribution in [0.2, 0.25) is 0 Å². The Hall–Kier alpha value is -2.48. The van der Waals surface area contributed by atoms with Crippen molar-refractivity contribution in [2.24, 2.45) is 0 Å². The molecule has 5 heteroatoms. The Morgan fingerprint density at radius 3 is 2.50 bits per heavy atom. The monoisotopic (exact) mass is 211 g/mol. The SMILES string of the molecule is Cc1nc(-c2ccncc2)nc(N)c1C#N. The molecule has 0 aromatic carbocycles. The first kappa shape index (κ1) is 10.1. The van der Waals surface area contributed by atoms with Gasteiger partial charge in [-0.3, -0.25) is 4.98 Å². The number of nitriles is 1. The molecule has 0 amide bonds. The molecule has 0 radical (unpaired) electrons. The number of nitrogens with two attached hydrogens (primary N) is 1. The van der Waals surface area contributed by atoms with Crippen molar-refractivity contribution in [3.05, 3.63) is 35.8 Å². The largest absolute Gasteiger partial charge is 0.382 e. The van der Waals surface area contributed by atoms with Gasteiger partial charge in [0, 0.05) is 18.0 Å². The molecule has 5 nitrogen and oxygen atoms in total. The first-order valence-electron chi connectivity index (χ1n) is 4.67. The Bertz CT molecular complexity index is 533. The molecular weight excluding hydrogens is 202 g/mol. The minimum absolute atomic E-state index is 0.210. The van der Waals surface area contributed by atoms with E-state index >= 15 is 0 Å². The lowest BCUT2D eigenvalue weighted by atomic mass is 10.2. The van der Waals surface area contributed by atoms with Crippen molar-refractivity contribution in [1.82, 2.24) is 15.0 Å². The molecule has 2 heterocycles. The third-order valence-electron chi connectivity index (χ3n) is 2.17. The lowest BCUT2D eigenvalue weighted by Crippen LogP contribution is -2.02. The Labute approximate surface area is 92.6 Å². The average molecular weight is 211 g/mol. The summed E-state index contributed by atoms with van der Waals surface area (Å²) in [4.78, 5) is 12.2. The predicted octanol–water partition coefficient (Wildman–Crippen LogP) is 1.30. The second-order valence-corrected chi connectivity index (χ2v) is 3.24. The number of aromatic nitrogens is 3. The van der Waals surface area contributed by atoms with E-state index in [4.69, 9.17) is 11.0 Å². The summed E-state index contributed by atoms with van der Waals surface area (Å²) in [5.74, 6) is 0.721. The van der Waals surface area contributed by atoms with E-state index in [1.807, 2.05) is 6.07 Å². The molecule has 16 heavy (non-hydrogen) atoms. The third-order valence-corrected chi connectivity index (χ3v) is 2.17. The molecule has 0 bridgehead atoms. The first-order chi connectivity index (χ1) is 7.72. The normalized spacial score (nSPS) is 9.75. The first-order valence-corrected chi connectivity index (χ1v) is 4.67. The third kappa shape index (κ3) is 1.68. The van der Waals surface area contributed by atoms with Gasteiger partial charge in [0.05, 0.1) is 5.69 Å². The number of nitrogen functional groups attached to an aromatic ring is 1. The molecule has 0 aliphatic rings. The maximum Gasteiger partial charge on any atom is 0.161 e. The molecule has 78 valence electrons. The minimum Gasteiger partial charge on any atom is -0.382 e. The van der Waals surface area contributed by atoms with Crippen LogP contribution in [0, 0.1) is 18.3 Å². The summed E-state index contributed by atoms with van der Waals surface area (Å²) in [6, 6.07) is 5.56. The summed E-state index contributed by atoms with van der Waals surface area (Å²) in [6.45, 7) is 1.74. The van der Waals surface area contributed by atoms with Gasteiger partial charge in [-0.25, -0.2) is 9.97 Å². The minimum atomic E-state index is 0.210. The molecule has 0 atom stereocenters. The van der Waals surface area contributed by atoms with E-state index in [9.17, 15) is 0 Å². The van der Waals surface area contributed by atoms with Crippen LogP contribution in [0.5, 0.6) is 0 Å². The fourth-order valence-electron chi connectivity index (χ4n) is 1.36. The van der Waals surface area contributed by atoms with Gasteiger partial charge in [-0.2, -0.15) is 5.26 Å². The maximum atomic E-state index is 8.84. The van der Waals surface area contributed by atoms with Crippen molar-refractivity contribution in [1.29, 1.82) is 5.26 Å². The highest BCUT2D eigenvalue weighted by atomic mass is 15.0. The summed E-state index contributed by atoms with van der Waals surface area (Å²) in [7, 11) is 0. The fourth-order valence-corrected chi connectivity index (χ4v) is 1.36. The predicted molar refractivity (Wildman–Crippen MR) is 59.1 cm³/mol. The van der Waals surface area contributed by atoms with Crippen molar-refractivity contribution in [2.75, 3.05) is 5.73 Å². The quantitative estimate of drug-likeness (QED) is 0.768. The van der Waals surface area contributed by atoms with Crippen molar-refractivity contribution in [3.63, 3.8) is 0 Å². The number of nitrogens with zero attached hydrogens (tertiary/aromatic N) is 4. The van der Waals surface area contributed by atoms with Gasteiger partial charge >= 0.3 is 0 Å². The van der Waals surface area contributed by atoms with Gasteiger partial charge in [0.25, 0.3) is 0 Å². The zero-order valence-corrected chi connectivity index (χ0v) is 8.68. The summed E-state index contributed by atoms with van der Waals surface area (Å²) < 4.78 is 0. The van der Waals surface area contributed by atoms with Crippen molar-refractivity contribution in [2.45, 2.75) is 6.92 Å². The number of anilines is 1. The van der Waals surface area contributed by atoms with Gasteiger partial charge in [0.15, 0.2) is 5.82 Å². The van der Waals surface area contributed by atoms with Crippen LogP contribution in [0.15, 0.2) is 24.5 Å². The molecule has 0 fully saturated rings. The standard InChI is InChI=1S/C11H9N5/c1-7-9(6-12)10(13)16-11(15-7)8-2-4-14-5-3-8/h2-5H,1H3,(H2,13,15,16). The van der Waals surface area contributed by atoms with Gasteiger partial charge in [0.2, 0.25) is 0 Å². The van der Waals surface area contributed by atoms with Crippen molar-refractivity contribution >= 4 is 5.82 Å². The fraction of sp³-hybridized carbons (Fsp3) is 0.0909. The molecular formula is C11H9N5. The maximum absolute atomic E-state index is 8.84. The molecule has 2 aromatic heterocycles. The number of pyridine rings is 1. The van der Waals surface area contributed by atoms with Crippen LogP contribution in [0.25, 0.3) is 11.4 Å². The van der Waals surface area contributed by atoms with Crippen LogP contribution in [0.3, 0.4) is 0 Å². The topological polar surface area (TPSA) is 88.5 Å². The highest BCUT2D eigenvalue weighted by Crippen LogP contribution is 2.18. The average Bonchev–Trinajstić information content (AvgIpc) is 2.30. The zero-order valence-electron chi connectivity index (χ0n) is 8.68. The van der Waals surface area contributed by atoms with E-state index in [0.29, 0.717) is 17.1 Å². The van der Waals surface area contributed by atoms with E-state index in [0.717, 1.165) is 5.56 Å². The second-order valence-electron chi connectivity index (χ2n) is 3.24. The van der Waals surface area contributed by atoms with E-state index in [-0.39, 0.29) is 5.82 Å². The molecule has 0 saturated heterocycles. The van der Waals surface area contributed by atoms with Crippen LogP contribution >= 0.6 is 0 Å². The molecule has 2 aromatic rings. The van der Waals surface area contributed by atoms with Gasteiger partial charge < -0.3 is 5.73 Å². The van der Waals surface area contributed by atoms with E-state index in [1.165, 1.54) is 0 Å². The van der Waals surface area contributed by atoms with Crippen molar-refractivity contribution in [3.8, 4) is 17.5 Å². The van der Waals surface area contributed by atoms with Gasteiger partial charge in [-0.1, -0.05) is 0 Å². The molecule has 0 aliphatic carbocycles. The molecule has 2 N–H and O–H groups in total. The molecule has 0 unspecified atom stereocenters. The van der Waals surface area contributed by atoms with E-state index < -0.39 is 0 Å². The summed E-state index contributed by atoms with van der Waals surface area (Å²) >= 11 is 0. The summed E-state index contributed by atoms with van der Waals surface area (Å²) in [5, 5.41) is 8.84. The zero-order chi connectivity index (χ0) is 11.5. The second kappa shape index (κ2) is 3.95. The number of aryl methyl sites for hydroxylation is 1. The smallest absolute Gasteiger partial charge is 0.161 e. The molecule has 0 spiro atoms. The van der Waals surface area contributed by atoms with Gasteiger partial charge in [0.1, 0.15) is 17.5 Å². The molecule has 0 aliphatic heterocycles. The number of hydrogen-bond donors (Lipinski definition) is 1. The van der Waals surface area contributed by atoms with Crippen LogP contribution in [0.1, 0.15) is 11.3 Å². The van der Waals surface area contributed by atoms with Crippen LogP contribution < -0.4 is 5.73 Å². The number of rotatable bonds is 1. The highest BCUT2D eigenvalue weighted by Gasteiger charge is 2.09. The Balaban J connectivity index is 2.58. The van der Waals surface area contributed by atoms with Gasteiger partial charge in [-0.05, 0) is 19.1 Å². The lowest BCUT2D eigenvalue weighted by Gasteiger charge is -2.04. The van der Waals surface area contributed by atoms with E-state index in [1.54, 1.807) is 31.5 Å². The molecule has 2 rings (SSSR count). The van der Waals surface area contributed by atoms with E-state index in [2.05, 4.69) is 15.0 Å².